The van der Waals surface area contributed by atoms with Crippen molar-refractivity contribution in [2.45, 2.75) is 24.5 Å². The highest BCUT2D eigenvalue weighted by Crippen LogP contribution is 2.41. The van der Waals surface area contributed by atoms with Gasteiger partial charge in [0.2, 0.25) is 0 Å². The molecular weight excluding hydrogens is 322 g/mol. The molecule has 1 spiro atoms. The van der Waals surface area contributed by atoms with Gasteiger partial charge in [0.15, 0.2) is 0 Å². The minimum Gasteiger partial charge on any atom is -0.385 e. The summed E-state index contributed by atoms with van der Waals surface area (Å²) in [5.74, 6) is -0.238. The van der Waals surface area contributed by atoms with Gasteiger partial charge < -0.3 is 20.1 Å². The fourth-order valence-corrected chi connectivity index (χ4v) is 4.23. The van der Waals surface area contributed by atoms with Crippen LogP contribution >= 0.6 is 0 Å². The molecule has 7 nitrogen and oxygen atoms in total. The van der Waals surface area contributed by atoms with E-state index in [9.17, 15) is 14.7 Å². The molecule has 2 heterocycles. The quantitative estimate of drug-likeness (QED) is 0.589. The molecule has 0 unspecified atom stereocenters. The van der Waals surface area contributed by atoms with Crippen LogP contribution in [0.1, 0.15) is 17.5 Å². The van der Waals surface area contributed by atoms with E-state index in [2.05, 4.69) is 5.32 Å². The summed E-state index contributed by atoms with van der Waals surface area (Å²) in [6, 6.07) is 7.36. The topological polar surface area (TPSA) is 83.3 Å². The van der Waals surface area contributed by atoms with Crippen molar-refractivity contribution in [3.63, 3.8) is 0 Å². The molecule has 0 aromatic heterocycles. The van der Waals surface area contributed by atoms with Crippen molar-refractivity contribution in [3.05, 3.63) is 35.4 Å². The monoisotopic (exact) mass is 346 g/mol. The van der Waals surface area contributed by atoms with Crippen molar-refractivity contribution >= 4 is 11.9 Å². The number of quaternary nitrogens is 1. The first-order chi connectivity index (χ1) is 12.1. The summed E-state index contributed by atoms with van der Waals surface area (Å²) in [6.07, 6.45) is 0.629. The van der Waals surface area contributed by atoms with Crippen LogP contribution in [0, 0.1) is 0 Å². The van der Waals surface area contributed by atoms with Crippen molar-refractivity contribution in [2.75, 3.05) is 39.4 Å². The average molecular weight is 346 g/mol. The van der Waals surface area contributed by atoms with Crippen molar-refractivity contribution in [1.29, 1.82) is 0 Å². The van der Waals surface area contributed by atoms with Gasteiger partial charge in [-0.05, 0) is 24.0 Å². The number of rotatable bonds is 4. The van der Waals surface area contributed by atoms with Gasteiger partial charge in [0, 0.05) is 0 Å². The zero-order valence-electron chi connectivity index (χ0n) is 14.2. The predicted octanol–water partition coefficient (Wildman–Crippen LogP) is -1.34. The highest BCUT2D eigenvalue weighted by Gasteiger charge is 2.55. The number of amides is 3. The summed E-state index contributed by atoms with van der Waals surface area (Å²) >= 11 is 0. The number of imide groups is 1. The van der Waals surface area contributed by atoms with E-state index >= 15 is 0 Å². The largest absolute Gasteiger partial charge is 0.385 e. The lowest BCUT2D eigenvalue weighted by Gasteiger charge is -2.27. The maximum Gasteiger partial charge on any atom is 0.325 e. The molecule has 1 aromatic rings. The van der Waals surface area contributed by atoms with Crippen LogP contribution in [0.5, 0.6) is 0 Å². The predicted molar refractivity (Wildman–Crippen MR) is 89.1 cm³/mol. The maximum atomic E-state index is 13.0. The van der Waals surface area contributed by atoms with Gasteiger partial charge in [-0.25, -0.2) is 4.79 Å². The van der Waals surface area contributed by atoms with Crippen molar-refractivity contribution in [3.8, 4) is 0 Å². The number of carbonyl (C=O) groups excluding carboxylic acids is 2. The second kappa shape index (κ2) is 6.40. The Morgan fingerprint density at radius 1 is 1.28 bits per heavy atom. The molecule has 0 bridgehead atoms. The molecule has 2 fully saturated rings. The van der Waals surface area contributed by atoms with Gasteiger partial charge >= 0.3 is 6.03 Å². The Labute approximate surface area is 146 Å². The number of hydrogen-bond acceptors (Lipinski definition) is 4. The van der Waals surface area contributed by atoms with Crippen LogP contribution in [-0.4, -0.2) is 67.4 Å². The van der Waals surface area contributed by atoms with Crippen molar-refractivity contribution in [2.24, 2.45) is 0 Å². The second-order valence-corrected chi connectivity index (χ2v) is 7.13. The Balaban J connectivity index is 1.47. The zero-order valence-corrected chi connectivity index (χ0v) is 14.2. The normalized spacial score (nSPS) is 27.6. The molecule has 2 saturated heterocycles. The Hall–Kier alpha value is -1.96. The fraction of sp³-hybridized carbons (Fsp3) is 0.556. The molecule has 25 heavy (non-hydrogen) atoms. The molecule has 134 valence electrons. The van der Waals surface area contributed by atoms with E-state index in [-0.39, 0.29) is 12.5 Å². The molecule has 2 aliphatic heterocycles. The summed E-state index contributed by atoms with van der Waals surface area (Å²) in [5.41, 5.74) is 1.06. The Kier molecular flexibility index (Phi) is 4.23. The summed E-state index contributed by atoms with van der Waals surface area (Å²) in [4.78, 5) is 27.9. The molecule has 0 radical (unpaired) electrons. The third kappa shape index (κ3) is 2.82. The van der Waals surface area contributed by atoms with Crippen LogP contribution in [0.15, 0.2) is 24.3 Å². The molecular formula is C18H24N3O4+. The van der Waals surface area contributed by atoms with Gasteiger partial charge in [-0.2, -0.15) is 0 Å². The number of urea groups is 1. The second-order valence-electron chi connectivity index (χ2n) is 7.13. The number of carbonyl (C=O) groups is 2. The number of nitrogens with zero attached hydrogens (tertiary/aromatic N) is 1. The molecule has 2 atom stereocenters. The summed E-state index contributed by atoms with van der Waals surface area (Å²) in [6.45, 7) is 3.61. The standard InChI is InChI=1S/C18H23N3O4/c22-14(11-20-7-9-25-10-8-20)12-21-16(23)18(19-17(21)24)6-5-13-3-1-2-4-15(13)18/h1-4,14,22H,5-12H2,(H,19,24)/p+1/t14-,18+/m0/s1. The van der Waals surface area contributed by atoms with E-state index in [1.54, 1.807) is 0 Å². The number of hydrogen-bond donors (Lipinski definition) is 3. The zero-order chi connectivity index (χ0) is 17.4. The number of aliphatic hydroxyl groups is 1. The third-order valence-electron chi connectivity index (χ3n) is 5.54. The van der Waals surface area contributed by atoms with E-state index in [4.69, 9.17) is 4.74 Å². The van der Waals surface area contributed by atoms with Gasteiger partial charge in [0.1, 0.15) is 31.3 Å². The van der Waals surface area contributed by atoms with Crippen LogP contribution in [0.2, 0.25) is 0 Å². The third-order valence-corrected chi connectivity index (χ3v) is 5.54. The fourth-order valence-electron chi connectivity index (χ4n) is 4.23. The number of ether oxygens (including phenoxy) is 1. The molecule has 7 heteroatoms. The molecule has 3 amide bonds. The van der Waals surface area contributed by atoms with Crippen LogP contribution in [0.3, 0.4) is 0 Å². The summed E-state index contributed by atoms with van der Waals surface area (Å²) in [5, 5.41) is 13.3. The van der Waals surface area contributed by atoms with Crippen LogP contribution in [0.25, 0.3) is 0 Å². The first-order valence-corrected chi connectivity index (χ1v) is 8.92. The highest BCUT2D eigenvalue weighted by molar-refractivity contribution is 6.08. The first kappa shape index (κ1) is 16.5. The lowest BCUT2D eigenvalue weighted by atomic mass is 9.92. The van der Waals surface area contributed by atoms with E-state index in [1.807, 2.05) is 24.3 Å². The van der Waals surface area contributed by atoms with E-state index in [1.165, 1.54) is 9.80 Å². The molecule has 3 aliphatic rings. The lowest BCUT2D eigenvalue weighted by molar-refractivity contribution is -0.910. The van der Waals surface area contributed by atoms with Gasteiger partial charge in [0.05, 0.1) is 19.8 Å². The van der Waals surface area contributed by atoms with Crippen LogP contribution in [-0.2, 0) is 21.5 Å². The number of benzene rings is 1. The molecule has 1 aromatic carbocycles. The molecule has 3 N–H and O–H groups in total. The number of aliphatic hydroxyl groups excluding tert-OH is 1. The number of aryl methyl sites for hydroxylation is 1. The summed E-state index contributed by atoms with van der Waals surface area (Å²) in [7, 11) is 0. The van der Waals surface area contributed by atoms with Gasteiger partial charge in [-0.1, -0.05) is 24.3 Å². The van der Waals surface area contributed by atoms with E-state index < -0.39 is 17.7 Å². The van der Waals surface area contributed by atoms with Crippen LogP contribution in [0.4, 0.5) is 4.79 Å². The van der Waals surface area contributed by atoms with Gasteiger partial charge in [0.25, 0.3) is 5.91 Å². The first-order valence-electron chi connectivity index (χ1n) is 8.92. The minimum atomic E-state index is -0.945. The Bertz CT molecular complexity index is 689. The number of β-amino-alcohol motifs (C(OH)–C–C–N with tert-alkyl or cyclic N) is 1. The number of nitrogens with one attached hydrogen (secondary N) is 2. The molecule has 4 rings (SSSR count). The van der Waals surface area contributed by atoms with E-state index in [0.29, 0.717) is 26.2 Å². The summed E-state index contributed by atoms with van der Waals surface area (Å²) < 4.78 is 5.31. The van der Waals surface area contributed by atoms with Gasteiger partial charge in [-0.3, -0.25) is 9.69 Å². The SMILES string of the molecule is O=C1N[C@@]2(CCc3ccccc32)C(=O)N1C[C@@H](O)C[NH+]1CCOCC1. The lowest BCUT2D eigenvalue weighted by Crippen LogP contribution is -3.15. The average Bonchev–Trinajstić information content (AvgIpc) is 3.10. The van der Waals surface area contributed by atoms with Crippen molar-refractivity contribution < 1.29 is 24.3 Å². The highest BCUT2D eigenvalue weighted by atomic mass is 16.5. The maximum absolute atomic E-state index is 13.0. The Morgan fingerprint density at radius 2 is 2.04 bits per heavy atom. The van der Waals surface area contributed by atoms with Crippen LogP contribution < -0.4 is 10.2 Å². The molecule has 0 saturated carbocycles. The molecule has 1 aliphatic carbocycles. The Morgan fingerprint density at radius 3 is 2.84 bits per heavy atom. The minimum absolute atomic E-state index is 0.0406. The van der Waals surface area contributed by atoms with Crippen molar-refractivity contribution in [1.82, 2.24) is 10.2 Å². The smallest absolute Gasteiger partial charge is 0.325 e. The van der Waals surface area contributed by atoms with Gasteiger partial charge in [-0.15, -0.1) is 0 Å². The number of fused-ring (bicyclic) bond motifs is 2. The van der Waals surface area contributed by atoms with E-state index in [0.717, 1.165) is 30.6 Å². The number of morpholine rings is 1.